The number of amides is 1. The molecule has 0 radical (unpaired) electrons. The van der Waals surface area contributed by atoms with Gasteiger partial charge in [-0.3, -0.25) is 20.3 Å². The van der Waals surface area contributed by atoms with Crippen LogP contribution in [0.5, 0.6) is 11.5 Å². The van der Waals surface area contributed by atoms with Crippen LogP contribution < -0.4 is 20.2 Å². The Morgan fingerprint density at radius 3 is 2.69 bits per heavy atom. The Labute approximate surface area is 191 Å². The number of halogens is 1. The van der Waals surface area contributed by atoms with Gasteiger partial charge < -0.3 is 14.8 Å². The van der Waals surface area contributed by atoms with E-state index in [9.17, 15) is 14.9 Å². The molecule has 0 unspecified atom stereocenters. The van der Waals surface area contributed by atoms with Crippen LogP contribution in [0.2, 0.25) is 0 Å². The average Bonchev–Trinajstić information content (AvgIpc) is 2.79. The summed E-state index contributed by atoms with van der Waals surface area (Å²) in [5.41, 5.74) is 3.92. The summed E-state index contributed by atoms with van der Waals surface area (Å²) < 4.78 is 11.6. The largest absolute Gasteiger partial charge is 0.493 e. The third-order valence-corrected chi connectivity index (χ3v) is 4.60. The maximum Gasteiger partial charge on any atom is 0.287 e. The highest BCUT2D eigenvalue weighted by Crippen LogP contribution is 2.36. The van der Waals surface area contributed by atoms with Gasteiger partial charge in [0.15, 0.2) is 18.1 Å². The quantitative estimate of drug-likeness (QED) is 0.256. The fourth-order valence-electron chi connectivity index (χ4n) is 2.54. The molecule has 0 atom stereocenters. The normalized spacial score (nSPS) is 10.6. The summed E-state index contributed by atoms with van der Waals surface area (Å²) in [5, 5.41) is 17.5. The molecule has 11 heteroatoms. The van der Waals surface area contributed by atoms with Crippen LogP contribution in [-0.4, -0.2) is 35.7 Å². The first kappa shape index (κ1) is 22.7. The number of carbonyl (C=O) groups excluding carboxylic acids is 1. The van der Waals surface area contributed by atoms with Crippen LogP contribution in [0.15, 0.2) is 70.4 Å². The summed E-state index contributed by atoms with van der Waals surface area (Å²) in [7, 11) is 1.48. The van der Waals surface area contributed by atoms with Gasteiger partial charge in [0.1, 0.15) is 12.0 Å². The Morgan fingerprint density at radius 2 is 2.03 bits per heavy atom. The number of methoxy groups -OCH3 is 1. The molecule has 0 saturated carbocycles. The van der Waals surface area contributed by atoms with E-state index < -0.39 is 4.92 Å². The lowest BCUT2D eigenvalue weighted by molar-refractivity contribution is -0.385. The standard InChI is InChI=1S/C21H18BrN5O5/c1-31-18-10-14(11-24-26-19-8-7-16(12-23-19)27(29)30)9-17(22)21(18)32-13-20(28)25-15-5-3-2-4-6-15/h2-12H,13H2,1H3,(H,23,26)(H,25,28)/b24-11+. The Bertz CT molecular complexity index is 1120. The third-order valence-electron chi connectivity index (χ3n) is 4.01. The first-order valence-electron chi connectivity index (χ1n) is 9.21. The van der Waals surface area contributed by atoms with E-state index in [4.69, 9.17) is 9.47 Å². The number of rotatable bonds is 9. The van der Waals surface area contributed by atoms with Gasteiger partial charge in [-0.05, 0) is 51.8 Å². The number of anilines is 2. The Morgan fingerprint density at radius 1 is 1.25 bits per heavy atom. The molecule has 3 rings (SSSR count). The van der Waals surface area contributed by atoms with Crippen molar-refractivity contribution in [3.8, 4) is 11.5 Å². The number of benzene rings is 2. The van der Waals surface area contributed by atoms with Gasteiger partial charge in [-0.1, -0.05) is 18.2 Å². The second-order valence-electron chi connectivity index (χ2n) is 6.27. The lowest BCUT2D eigenvalue weighted by atomic mass is 10.2. The number of pyridine rings is 1. The lowest BCUT2D eigenvalue weighted by Crippen LogP contribution is -2.20. The molecular weight excluding hydrogens is 482 g/mol. The van der Waals surface area contributed by atoms with Crippen LogP contribution in [0, 0.1) is 10.1 Å². The maximum absolute atomic E-state index is 12.1. The monoisotopic (exact) mass is 499 g/mol. The zero-order chi connectivity index (χ0) is 22.9. The average molecular weight is 500 g/mol. The number of nitrogens with zero attached hydrogens (tertiary/aromatic N) is 3. The van der Waals surface area contributed by atoms with Crippen molar-refractivity contribution in [1.29, 1.82) is 0 Å². The first-order chi connectivity index (χ1) is 15.5. The number of nitro groups is 1. The molecule has 1 aromatic heterocycles. The van der Waals surface area contributed by atoms with Crippen LogP contribution >= 0.6 is 15.9 Å². The zero-order valence-electron chi connectivity index (χ0n) is 16.8. The summed E-state index contributed by atoms with van der Waals surface area (Å²) in [6, 6.07) is 15.3. The van der Waals surface area contributed by atoms with E-state index in [-0.39, 0.29) is 18.2 Å². The fourth-order valence-corrected chi connectivity index (χ4v) is 3.12. The van der Waals surface area contributed by atoms with Crippen molar-refractivity contribution in [2.45, 2.75) is 0 Å². The highest BCUT2D eigenvalue weighted by atomic mass is 79.9. The van der Waals surface area contributed by atoms with Gasteiger partial charge in [0.25, 0.3) is 11.6 Å². The van der Waals surface area contributed by atoms with E-state index in [2.05, 4.69) is 36.8 Å². The molecule has 1 heterocycles. The number of carbonyl (C=O) groups is 1. The summed E-state index contributed by atoms with van der Waals surface area (Å²) in [5.74, 6) is 0.817. The number of hydrogen-bond donors (Lipinski definition) is 2. The van der Waals surface area contributed by atoms with Crippen LogP contribution in [0.1, 0.15) is 5.56 Å². The van der Waals surface area contributed by atoms with Crippen LogP contribution in [-0.2, 0) is 4.79 Å². The van der Waals surface area contributed by atoms with Gasteiger partial charge in [0, 0.05) is 11.8 Å². The molecule has 10 nitrogen and oxygen atoms in total. The van der Waals surface area contributed by atoms with Gasteiger partial charge in [-0.25, -0.2) is 4.98 Å². The number of hydrogen-bond acceptors (Lipinski definition) is 8. The molecule has 0 aliphatic rings. The van der Waals surface area contributed by atoms with E-state index >= 15 is 0 Å². The lowest BCUT2D eigenvalue weighted by Gasteiger charge is -2.13. The molecule has 164 valence electrons. The molecule has 0 bridgehead atoms. The second-order valence-corrected chi connectivity index (χ2v) is 7.12. The van der Waals surface area contributed by atoms with Gasteiger partial charge >= 0.3 is 0 Å². The van der Waals surface area contributed by atoms with Crippen LogP contribution in [0.3, 0.4) is 0 Å². The highest BCUT2D eigenvalue weighted by Gasteiger charge is 2.13. The van der Waals surface area contributed by atoms with Crippen LogP contribution in [0.25, 0.3) is 0 Å². The van der Waals surface area contributed by atoms with E-state index in [1.54, 1.807) is 24.3 Å². The van der Waals surface area contributed by atoms with E-state index in [1.165, 1.54) is 25.5 Å². The molecule has 2 aromatic carbocycles. The predicted octanol–water partition coefficient (Wildman–Crippen LogP) is 4.22. The molecule has 1 amide bonds. The number of nitrogens with one attached hydrogen (secondary N) is 2. The Hall–Kier alpha value is -3.99. The molecule has 2 N–H and O–H groups in total. The minimum Gasteiger partial charge on any atom is -0.493 e. The van der Waals surface area contributed by atoms with E-state index in [1.807, 2.05) is 18.2 Å². The third kappa shape index (κ3) is 6.25. The molecule has 3 aromatic rings. The minimum absolute atomic E-state index is 0.110. The topological polar surface area (TPSA) is 128 Å². The molecule has 0 saturated heterocycles. The molecular formula is C21H18BrN5O5. The fraction of sp³-hybridized carbons (Fsp3) is 0.0952. The first-order valence-corrected chi connectivity index (χ1v) is 10.0. The van der Waals surface area contributed by atoms with Crippen molar-refractivity contribution >= 4 is 45.2 Å². The molecule has 32 heavy (non-hydrogen) atoms. The molecule has 0 spiro atoms. The molecule has 0 aliphatic heterocycles. The number of para-hydroxylation sites is 1. The summed E-state index contributed by atoms with van der Waals surface area (Å²) in [6.45, 7) is -0.204. The predicted molar refractivity (Wildman–Crippen MR) is 123 cm³/mol. The molecule has 0 fully saturated rings. The summed E-state index contributed by atoms with van der Waals surface area (Å²) in [4.78, 5) is 26.2. The van der Waals surface area contributed by atoms with E-state index in [0.29, 0.717) is 33.0 Å². The number of ether oxygens (including phenoxy) is 2. The zero-order valence-corrected chi connectivity index (χ0v) is 18.4. The minimum atomic E-state index is -0.529. The number of hydrazone groups is 1. The SMILES string of the molecule is COc1cc(/C=N/Nc2ccc([N+](=O)[O-])cn2)cc(Br)c1OCC(=O)Nc1ccccc1. The van der Waals surface area contributed by atoms with Crippen molar-refractivity contribution in [3.63, 3.8) is 0 Å². The Kier molecular flexibility index (Phi) is 7.70. The van der Waals surface area contributed by atoms with Crippen LogP contribution in [0.4, 0.5) is 17.2 Å². The summed E-state index contributed by atoms with van der Waals surface area (Å²) >= 11 is 3.42. The Balaban J connectivity index is 1.63. The molecule has 0 aliphatic carbocycles. The van der Waals surface area contributed by atoms with Gasteiger partial charge in [-0.2, -0.15) is 5.10 Å². The van der Waals surface area contributed by atoms with Crippen molar-refractivity contribution < 1.29 is 19.2 Å². The number of aromatic nitrogens is 1. The van der Waals surface area contributed by atoms with Crippen molar-refractivity contribution in [2.24, 2.45) is 5.10 Å². The van der Waals surface area contributed by atoms with Gasteiger partial charge in [0.05, 0.1) is 22.7 Å². The van der Waals surface area contributed by atoms with Crippen molar-refractivity contribution in [3.05, 3.63) is 80.9 Å². The van der Waals surface area contributed by atoms with E-state index in [0.717, 1.165) is 6.20 Å². The summed E-state index contributed by atoms with van der Waals surface area (Å²) in [6.07, 6.45) is 2.65. The second kappa shape index (κ2) is 10.9. The van der Waals surface area contributed by atoms with Gasteiger partial charge in [0.2, 0.25) is 0 Å². The maximum atomic E-state index is 12.1. The van der Waals surface area contributed by atoms with Gasteiger partial charge in [-0.15, -0.1) is 0 Å². The van der Waals surface area contributed by atoms with Crippen molar-refractivity contribution in [2.75, 3.05) is 24.5 Å². The highest BCUT2D eigenvalue weighted by molar-refractivity contribution is 9.10. The van der Waals surface area contributed by atoms with Crippen molar-refractivity contribution in [1.82, 2.24) is 4.98 Å². The smallest absolute Gasteiger partial charge is 0.287 e.